The number of anilines is 1. The first-order valence-corrected chi connectivity index (χ1v) is 10.0. The summed E-state index contributed by atoms with van der Waals surface area (Å²) in [5.41, 5.74) is 2.10. The molecular formula is C21H19FN2O3S. The highest BCUT2D eigenvalue weighted by molar-refractivity contribution is 7.89. The van der Waals surface area contributed by atoms with Crippen LogP contribution in [0.1, 0.15) is 21.5 Å². The first-order valence-electron chi connectivity index (χ1n) is 8.56. The summed E-state index contributed by atoms with van der Waals surface area (Å²) >= 11 is 0. The fraction of sp³-hybridized carbons (Fsp3) is 0.0952. The van der Waals surface area contributed by atoms with Crippen molar-refractivity contribution in [2.45, 2.75) is 18.4 Å². The van der Waals surface area contributed by atoms with Gasteiger partial charge in [0.15, 0.2) is 0 Å². The fourth-order valence-electron chi connectivity index (χ4n) is 2.60. The van der Waals surface area contributed by atoms with Gasteiger partial charge in [-0.15, -0.1) is 0 Å². The Bertz CT molecular complexity index is 1080. The van der Waals surface area contributed by atoms with Crippen molar-refractivity contribution in [2.75, 3.05) is 5.32 Å². The number of hydrogen-bond donors (Lipinski definition) is 2. The number of sulfonamides is 1. The van der Waals surface area contributed by atoms with E-state index in [9.17, 15) is 17.6 Å². The molecule has 0 aliphatic carbocycles. The Morgan fingerprint density at radius 1 is 0.964 bits per heavy atom. The second-order valence-corrected chi connectivity index (χ2v) is 8.01. The molecule has 0 heterocycles. The average Bonchev–Trinajstić information content (AvgIpc) is 2.69. The molecule has 0 aromatic heterocycles. The third-order valence-electron chi connectivity index (χ3n) is 4.18. The number of nitrogens with one attached hydrogen (secondary N) is 2. The zero-order chi connectivity index (χ0) is 20.1. The lowest BCUT2D eigenvalue weighted by Crippen LogP contribution is -2.24. The topological polar surface area (TPSA) is 75.3 Å². The number of amides is 1. The van der Waals surface area contributed by atoms with Gasteiger partial charge in [0.1, 0.15) is 5.82 Å². The van der Waals surface area contributed by atoms with Crippen LogP contribution in [0.25, 0.3) is 0 Å². The first kappa shape index (κ1) is 19.7. The maximum absolute atomic E-state index is 13.0. The number of carbonyl (C=O) groups is 1. The summed E-state index contributed by atoms with van der Waals surface area (Å²) in [6.07, 6.45) is 0. The van der Waals surface area contributed by atoms with E-state index in [0.717, 1.165) is 5.56 Å². The molecule has 0 bridgehead atoms. The summed E-state index contributed by atoms with van der Waals surface area (Å²) < 4.78 is 40.7. The van der Waals surface area contributed by atoms with Crippen molar-refractivity contribution in [1.82, 2.24) is 4.72 Å². The standard InChI is InChI=1S/C21H19FN2O3S/c1-15-7-12-19(28(26,27)23-14-16-5-3-2-4-6-16)13-20(15)21(25)24-18-10-8-17(22)9-11-18/h2-13,23H,14H2,1H3,(H,24,25). The summed E-state index contributed by atoms with van der Waals surface area (Å²) in [5, 5.41) is 2.64. The minimum atomic E-state index is -3.79. The van der Waals surface area contributed by atoms with Gasteiger partial charge in [-0.05, 0) is 54.4 Å². The fourth-order valence-corrected chi connectivity index (χ4v) is 3.65. The molecule has 0 radical (unpaired) electrons. The largest absolute Gasteiger partial charge is 0.322 e. The van der Waals surface area contributed by atoms with Crippen LogP contribution in [-0.4, -0.2) is 14.3 Å². The molecule has 3 aromatic carbocycles. The molecule has 0 atom stereocenters. The summed E-state index contributed by atoms with van der Waals surface area (Å²) in [6.45, 7) is 1.86. The van der Waals surface area contributed by atoms with Crippen molar-refractivity contribution >= 4 is 21.6 Å². The SMILES string of the molecule is Cc1ccc(S(=O)(=O)NCc2ccccc2)cc1C(=O)Nc1ccc(F)cc1. The van der Waals surface area contributed by atoms with Crippen LogP contribution in [0.4, 0.5) is 10.1 Å². The molecule has 0 unspecified atom stereocenters. The minimum Gasteiger partial charge on any atom is -0.322 e. The first-order chi connectivity index (χ1) is 13.3. The number of carbonyl (C=O) groups excluding carboxylic acids is 1. The Morgan fingerprint density at radius 2 is 1.64 bits per heavy atom. The molecule has 0 fully saturated rings. The highest BCUT2D eigenvalue weighted by Crippen LogP contribution is 2.18. The number of benzene rings is 3. The maximum Gasteiger partial charge on any atom is 0.255 e. The molecule has 0 saturated heterocycles. The van der Waals surface area contributed by atoms with Crippen LogP contribution in [0.15, 0.2) is 77.7 Å². The van der Waals surface area contributed by atoms with Gasteiger partial charge in [0, 0.05) is 17.8 Å². The van der Waals surface area contributed by atoms with Crippen LogP contribution in [0.3, 0.4) is 0 Å². The molecule has 5 nitrogen and oxygen atoms in total. The monoisotopic (exact) mass is 398 g/mol. The highest BCUT2D eigenvalue weighted by Gasteiger charge is 2.18. The van der Waals surface area contributed by atoms with E-state index in [1.54, 1.807) is 13.0 Å². The van der Waals surface area contributed by atoms with E-state index in [1.807, 2.05) is 30.3 Å². The molecule has 3 aromatic rings. The Kier molecular flexibility index (Phi) is 5.87. The van der Waals surface area contributed by atoms with E-state index in [-0.39, 0.29) is 17.0 Å². The Hall–Kier alpha value is -3.03. The molecule has 7 heteroatoms. The minimum absolute atomic E-state index is 0.00159. The number of hydrogen-bond acceptors (Lipinski definition) is 3. The molecule has 0 aliphatic rings. The zero-order valence-corrected chi connectivity index (χ0v) is 16.0. The molecular weight excluding hydrogens is 379 g/mol. The van der Waals surface area contributed by atoms with Gasteiger partial charge in [-0.2, -0.15) is 0 Å². The molecule has 3 rings (SSSR count). The number of halogens is 1. The van der Waals surface area contributed by atoms with Crippen molar-refractivity contribution < 1.29 is 17.6 Å². The Balaban J connectivity index is 1.79. The Morgan fingerprint density at radius 3 is 2.32 bits per heavy atom. The number of aryl methyl sites for hydroxylation is 1. The molecule has 2 N–H and O–H groups in total. The van der Waals surface area contributed by atoms with Gasteiger partial charge in [0.25, 0.3) is 5.91 Å². The molecule has 0 aliphatic heterocycles. The van der Waals surface area contributed by atoms with Gasteiger partial charge >= 0.3 is 0 Å². The number of rotatable bonds is 6. The van der Waals surface area contributed by atoms with Crippen LogP contribution in [-0.2, 0) is 16.6 Å². The average molecular weight is 398 g/mol. The normalized spacial score (nSPS) is 11.2. The van der Waals surface area contributed by atoms with Crippen molar-refractivity contribution in [2.24, 2.45) is 0 Å². The summed E-state index contributed by atoms with van der Waals surface area (Å²) in [6, 6.07) is 18.8. The van der Waals surface area contributed by atoms with E-state index in [0.29, 0.717) is 11.3 Å². The molecule has 0 saturated carbocycles. The van der Waals surface area contributed by atoms with Gasteiger partial charge in [0.05, 0.1) is 4.90 Å². The third-order valence-corrected chi connectivity index (χ3v) is 5.57. The van der Waals surface area contributed by atoms with Gasteiger partial charge in [0.2, 0.25) is 10.0 Å². The van der Waals surface area contributed by atoms with Crippen molar-refractivity contribution in [3.05, 3.63) is 95.3 Å². The predicted molar refractivity (Wildman–Crippen MR) is 106 cm³/mol. The van der Waals surface area contributed by atoms with E-state index in [1.165, 1.54) is 36.4 Å². The van der Waals surface area contributed by atoms with E-state index in [4.69, 9.17) is 0 Å². The second-order valence-electron chi connectivity index (χ2n) is 6.25. The van der Waals surface area contributed by atoms with Crippen LogP contribution in [0.2, 0.25) is 0 Å². The second kappa shape index (κ2) is 8.33. The summed E-state index contributed by atoms with van der Waals surface area (Å²) in [5.74, 6) is -0.879. The molecule has 144 valence electrons. The third kappa shape index (κ3) is 4.82. The van der Waals surface area contributed by atoms with Crippen LogP contribution >= 0.6 is 0 Å². The van der Waals surface area contributed by atoms with Crippen LogP contribution in [0.5, 0.6) is 0 Å². The summed E-state index contributed by atoms with van der Waals surface area (Å²) in [7, 11) is -3.79. The van der Waals surface area contributed by atoms with E-state index < -0.39 is 21.7 Å². The summed E-state index contributed by atoms with van der Waals surface area (Å²) in [4.78, 5) is 12.6. The van der Waals surface area contributed by atoms with Crippen LogP contribution in [0, 0.1) is 12.7 Å². The van der Waals surface area contributed by atoms with Gasteiger partial charge in [-0.3, -0.25) is 4.79 Å². The van der Waals surface area contributed by atoms with E-state index in [2.05, 4.69) is 10.0 Å². The molecule has 28 heavy (non-hydrogen) atoms. The quantitative estimate of drug-likeness (QED) is 0.662. The lowest BCUT2D eigenvalue weighted by Gasteiger charge is -2.11. The highest BCUT2D eigenvalue weighted by atomic mass is 32.2. The zero-order valence-electron chi connectivity index (χ0n) is 15.1. The van der Waals surface area contributed by atoms with Crippen LogP contribution < -0.4 is 10.0 Å². The van der Waals surface area contributed by atoms with Crippen molar-refractivity contribution in [3.8, 4) is 0 Å². The molecule has 0 spiro atoms. The van der Waals surface area contributed by atoms with Gasteiger partial charge in [-0.25, -0.2) is 17.5 Å². The smallest absolute Gasteiger partial charge is 0.255 e. The molecule has 1 amide bonds. The predicted octanol–water partition coefficient (Wildman–Crippen LogP) is 3.86. The van der Waals surface area contributed by atoms with E-state index >= 15 is 0 Å². The lowest BCUT2D eigenvalue weighted by molar-refractivity contribution is 0.102. The van der Waals surface area contributed by atoms with Crippen molar-refractivity contribution in [1.29, 1.82) is 0 Å². The van der Waals surface area contributed by atoms with Gasteiger partial charge in [-0.1, -0.05) is 36.4 Å². The maximum atomic E-state index is 13.0. The lowest BCUT2D eigenvalue weighted by atomic mass is 10.1. The van der Waals surface area contributed by atoms with Gasteiger partial charge < -0.3 is 5.32 Å². The Labute approximate surface area is 163 Å². The van der Waals surface area contributed by atoms with Crippen molar-refractivity contribution in [3.63, 3.8) is 0 Å².